The van der Waals surface area contributed by atoms with Gasteiger partial charge in [-0.15, -0.1) is 45.3 Å². The highest BCUT2D eigenvalue weighted by atomic mass is 32.1. The SMILES string of the molecule is [C-]#[N+]C(=Cc1ccc(-c2ccc(C=Cc3ccc(N(c4ccc(C)cc4)c4ccc(C=Cc5ccc(-c6ccc(C=C(C#N)C(=O)O)s6)s5)cc4)cc3)s2)s1)C(=O)O. The summed E-state index contributed by atoms with van der Waals surface area (Å²) in [5.74, 6) is -2.46. The van der Waals surface area contributed by atoms with Crippen LogP contribution in [0, 0.1) is 24.8 Å². The first-order valence-electron chi connectivity index (χ1n) is 17.7. The van der Waals surface area contributed by atoms with Gasteiger partial charge in [-0.2, -0.15) is 5.26 Å². The fourth-order valence-electron chi connectivity index (χ4n) is 5.80. The predicted octanol–water partition coefficient (Wildman–Crippen LogP) is 13.7. The van der Waals surface area contributed by atoms with Crippen molar-refractivity contribution in [2.45, 2.75) is 6.92 Å². The summed E-state index contributed by atoms with van der Waals surface area (Å²) in [4.78, 5) is 35.6. The number of hydrogen-bond donors (Lipinski definition) is 2. The van der Waals surface area contributed by atoms with Crippen LogP contribution in [-0.2, 0) is 9.59 Å². The van der Waals surface area contributed by atoms with Crippen LogP contribution in [0.2, 0.25) is 0 Å². The third-order valence-electron chi connectivity index (χ3n) is 8.72. The third-order valence-corrected chi connectivity index (χ3v) is 13.3. The molecule has 2 N–H and O–H groups in total. The largest absolute Gasteiger partial charge is 0.486 e. The van der Waals surface area contributed by atoms with E-state index in [1.54, 1.807) is 28.7 Å². The van der Waals surface area contributed by atoms with Crippen molar-refractivity contribution in [1.29, 1.82) is 5.26 Å². The molecule has 0 unspecified atom stereocenters. The second-order valence-electron chi connectivity index (χ2n) is 12.8. The van der Waals surface area contributed by atoms with Crippen molar-refractivity contribution >= 4 is 111 Å². The molecule has 0 radical (unpaired) electrons. The standard InChI is InChI=1S/C47H31N3O4S4/c1-30-3-11-34(12-4-30)50(35-13-5-31(6-14-35)9-17-37-19-23-42(55-37)44-25-21-39(57-44)27-33(29-48)46(51)52)36-15-7-32(8-16-36)10-18-38-20-24-43(56-38)45-26-22-40(58-45)28-41(49-2)47(53)54/h3-28H,1H3,(H,51,52)(H,53,54). The summed E-state index contributed by atoms with van der Waals surface area (Å²) in [5, 5.41) is 27.4. The van der Waals surface area contributed by atoms with Gasteiger partial charge in [0.2, 0.25) is 0 Å². The summed E-state index contributed by atoms with van der Waals surface area (Å²) in [5.41, 5.74) is 5.82. The Morgan fingerprint density at radius 3 is 1.36 bits per heavy atom. The maximum Gasteiger partial charge on any atom is 0.346 e. The zero-order valence-electron chi connectivity index (χ0n) is 30.7. The molecule has 0 aliphatic rings. The van der Waals surface area contributed by atoms with Crippen molar-refractivity contribution in [3.63, 3.8) is 0 Å². The summed E-state index contributed by atoms with van der Waals surface area (Å²) >= 11 is 6.20. The number of thiophene rings is 4. The van der Waals surface area contributed by atoms with Crippen molar-refractivity contribution < 1.29 is 19.8 Å². The molecule has 0 saturated heterocycles. The molecule has 11 heteroatoms. The van der Waals surface area contributed by atoms with E-state index in [2.05, 4.69) is 138 Å². The summed E-state index contributed by atoms with van der Waals surface area (Å²) < 4.78 is 0. The van der Waals surface area contributed by atoms with Gasteiger partial charge in [0.1, 0.15) is 11.6 Å². The molecular weight excluding hydrogens is 799 g/mol. The van der Waals surface area contributed by atoms with Gasteiger partial charge in [-0.05, 0) is 127 Å². The molecule has 282 valence electrons. The minimum atomic E-state index is -1.23. The van der Waals surface area contributed by atoms with E-state index in [0.717, 1.165) is 67.2 Å². The molecule has 4 aromatic heterocycles. The number of aliphatic carboxylic acids is 2. The number of nitrogens with zero attached hydrogens (tertiary/aromatic N) is 3. The predicted molar refractivity (Wildman–Crippen MR) is 242 cm³/mol. The van der Waals surface area contributed by atoms with E-state index in [4.69, 9.17) is 16.9 Å². The molecular formula is C47H31N3O4S4. The average Bonchev–Trinajstić information content (AvgIpc) is 4.07. The lowest BCUT2D eigenvalue weighted by molar-refractivity contribution is -0.133. The van der Waals surface area contributed by atoms with Crippen molar-refractivity contribution in [3.8, 4) is 25.6 Å². The van der Waals surface area contributed by atoms with Gasteiger partial charge in [0.05, 0.1) is 6.57 Å². The number of aryl methyl sites for hydroxylation is 1. The molecule has 3 aromatic carbocycles. The van der Waals surface area contributed by atoms with Crippen molar-refractivity contribution in [2.24, 2.45) is 0 Å². The van der Waals surface area contributed by atoms with Gasteiger partial charge < -0.3 is 15.1 Å². The van der Waals surface area contributed by atoms with Crippen LogP contribution in [0.25, 0.3) is 60.8 Å². The highest BCUT2D eigenvalue weighted by Gasteiger charge is 2.14. The monoisotopic (exact) mass is 829 g/mol. The lowest BCUT2D eigenvalue weighted by Crippen LogP contribution is -2.09. The maximum atomic E-state index is 11.2. The number of carboxylic acid groups (broad SMARTS) is 2. The van der Waals surface area contributed by atoms with Gasteiger partial charge in [-0.3, -0.25) is 4.79 Å². The molecule has 0 bridgehead atoms. The van der Waals surface area contributed by atoms with Crippen LogP contribution in [0.1, 0.15) is 36.2 Å². The summed E-state index contributed by atoms with van der Waals surface area (Å²) in [6, 6.07) is 42.9. The number of rotatable bonds is 13. The van der Waals surface area contributed by atoms with E-state index in [0.29, 0.717) is 0 Å². The Labute approximate surface area is 351 Å². The van der Waals surface area contributed by atoms with Crippen LogP contribution in [0.3, 0.4) is 0 Å². The molecule has 58 heavy (non-hydrogen) atoms. The average molecular weight is 830 g/mol. The molecule has 0 fully saturated rings. The molecule has 0 atom stereocenters. The zero-order chi connectivity index (χ0) is 40.6. The highest BCUT2D eigenvalue weighted by Crippen LogP contribution is 2.38. The number of nitriles is 1. The first-order valence-corrected chi connectivity index (χ1v) is 20.9. The van der Waals surface area contributed by atoms with Crippen molar-refractivity contribution in [3.05, 3.63) is 180 Å². The molecule has 7 nitrogen and oxygen atoms in total. The normalized spacial score (nSPS) is 11.8. The summed E-state index contributed by atoms with van der Waals surface area (Å²) in [6.45, 7) is 9.17. The van der Waals surface area contributed by atoms with Crippen LogP contribution < -0.4 is 4.90 Å². The fraction of sp³-hybridized carbons (Fsp3) is 0.0213. The third kappa shape index (κ3) is 9.56. The first-order chi connectivity index (χ1) is 28.1. The van der Waals surface area contributed by atoms with Crippen LogP contribution in [0.4, 0.5) is 17.1 Å². The van der Waals surface area contributed by atoms with Gasteiger partial charge in [-0.1, -0.05) is 54.1 Å². The molecule has 0 spiro atoms. The van der Waals surface area contributed by atoms with Crippen molar-refractivity contribution in [1.82, 2.24) is 0 Å². The molecule has 7 rings (SSSR count). The smallest absolute Gasteiger partial charge is 0.346 e. The molecule has 0 amide bonds. The minimum absolute atomic E-state index is 0.287. The Kier molecular flexibility index (Phi) is 12.2. The lowest BCUT2D eigenvalue weighted by atomic mass is 10.1. The van der Waals surface area contributed by atoms with Gasteiger partial charge in [0.25, 0.3) is 5.70 Å². The van der Waals surface area contributed by atoms with E-state index in [9.17, 15) is 14.7 Å². The lowest BCUT2D eigenvalue weighted by Gasteiger charge is -2.26. The van der Waals surface area contributed by atoms with Gasteiger partial charge in [-0.25, -0.2) is 9.64 Å². The fourth-order valence-corrected chi connectivity index (χ4v) is 9.70. The summed E-state index contributed by atoms with van der Waals surface area (Å²) in [6.07, 6.45) is 11.2. The molecule has 0 aliphatic heterocycles. The summed E-state index contributed by atoms with van der Waals surface area (Å²) in [7, 11) is 0. The van der Waals surface area contributed by atoms with Crippen LogP contribution in [0.15, 0.2) is 133 Å². The van der Waals surface area contributed by atoms with Crippen molar-refractivity contribution in [2.75, 3.05) is 4.90 Å². The molecule has 0 saturated carbocycles. The van der Waals surface area contributed by atoms with Gasteiger partial charge >= 0.3 is 11.9 Å². The van der Waals surface area contributed by atoms with Gasteiger partial charge in [0.15, 0.2) is 0 Å². The number of hydrogen-bond acceptors (Lipinski definition) is 8. The topological polar surface area (TPSA) is 106 Å². The number of carboxylic acids is 2. The highest BCUT2D eigenvalue weighted by molar-refractivity contribution is 7.23. The Bertz CT molecular complexity index is 2650. The van der Waals surface area contributed by atoms with E-state index >= 15 is 0 Å². The first kappa shape index (κ1) is 39.4. The quantitative estimate of drug-likeness (QED) is 0.0681. The van der Waals surface area contributed by atoms with E-state index < -0.39 is 11.9 Å². The number of carbonyl (C=O) groups is 2. The molecule has 0 aliphatic carbocycles. The van der Waals surface area contributed by atoms with Gasteiger partial charge in [0, 0.05) is 56.1 Å². The Morgan fingerprint density at radius 1 is 0.569 bits per heavy atom. The van der Waals surface area contributed by atoms with E-state index in [-0.39, 0.29) is 11.3 Å². The van der Waals surface area contributed by atoms with Crippen LogP contribution >= 0.6 is 45.3 Å². The van der Waals surface area contributed by atoms with E-state index in [1.165, 1.54) is 40.4 Å². The maximum absolute atomic E-state index is 11.2. The zero-order valence-corrected chi connectivity index (χ0v) is 34.0. The van der Waals surface area contributed by atoms with Crippen LogP contribution in [0.5, 0.6) is 0 Å². The Morgan fingerprint density at radius 2 is 0.966 bits per heavy atom. The van der Waals surface area contributed by atoms with E-state index in [1.807, 2.05) is 24.3 Å². The van der Waals surface area contributed by atoms with Crippen LogP contribution in [-0.4, -0.2) is 22.2 Å². The second kappa shape index (κ2) is 17.9. The Hall–Kier alpha value is -6.86. The molecule has 7 aromatic rings. The number of benzene rings is 3. The Balaban J connectivity index is 1.04. The second-order valence-corrected chi connectivity index (χ2v) is 17.2. The molecule has 4 heterocycles. The number of anilines is 3. The minimum Gasteiger partial charge on any atom is -0.486 e.